The highest BCUT2D eigenvalue weighted by Crippen LogP contribution is 2.36. The summed E-state index contributed by atoms with van der Waals surface area (Å²) in [6, 6.07) is 0.0501. The summed E-state index contributed by atoms with van der Waals surface area (Å²) in [6.07, 6.45) is 5.98. The zero-order chi connectivity index (χ0) is 12.3. The van der Waals surface area contributed by atoms with Gasteiger partial charge in [-0.3, -0.25) is 0 Å². The van der Waals surface area contributed by atoms with Crippen LogP contribution < -0.4 is 5.32 Å². The molecule has 2 N–H and O–H groups in total. The van der Waals surface area contributed by atoms with Gasteiger partial charge in [-0.05, 0) is 24.7 Å². The number of aliphatic hydroxyl groups excluding tert-OH is 1. The molecule has 98 valence electrons. The summed E-state index contributed by atoms with van der Waals surface area (Å²) in [6.45, 7) is 4.75. The van der Waals surface area contributed by atoms with Crippen LogP contribution in [0.2, 0.25) is 0 Å². The maximum Gasteiger partial charge on any atom is 0.317 e. The van der Waals surface area contributed by atoms with E-state index in [1.54, 1.807) is 0 Å². The number of carbonyl (C=O) groups is 1. The first-order chi connectivity index (χ1) is 8.13. The van der Waals surface area contributed by atoms with E-state index in [-0.39, 0.29) is 18.6 Å². The fraction of sp³-hybridized carbons (Fsp3) is 0.923. The Balaban J connectivity index is 1.74. The van der Waals surface area contributed by atoms with E-state index < -0.39 is 0 Å². The van der Waals surface area contributed by atoms with Gasteiger partial charge in [0.25, 0.3) is 0 Å². The van der Waals surface area contributed by atoms with E-state index in [9.17, 15) is 4.79 Å². The fourth-order valence-electron chi connectivity index (χ4n) is 2.97. The fourth-order valence-corrected chi connectivity index (χ4v) is 2.97. The van der Waals surface area contributed by atoms with Crippen LogP contribution in [0, 0.1) is 11.3 Å². The van der Waals surface area contributed by atoms with Crippen LogP contribution in [0.25, 0.3) is 0 Å². The van der Waals surface area contributed by atoms with Crippen LogP contribution in [0.3, 0.4) is 0 Å². The van der Waals surface area contributed by atoms with Gasteiger partial charge in [0.2, 0.25) is 0 Å². The zero-order valence-corrected chi connectivity index (χ0v) is 10.7. The first-order valence-corrected chi connectivity index (χ1v) is 6.77. The lowest BCUT2D eigenvalue weighted by atomic mass is 9.89. The Morgan fingerprint density at radius 2 is 2.18 bits per heavy atom. The van der Waals surface area contributed by atoms with Crippen molar-refractivity contribution in [3.05, 3.63) is 0 Å². The van der Waals surface area contributed by atoms with Crippen molar-refractivity contribution in [2.24, 2.45) is 11.3 Å². The summed E-state index contributed by atoms with van der Waals surface area (Å²) in [7, 11) is 0. The Morgan fingerprint density at radius 3 is 2.76 bits per heavy atom. The maximum absolute atomic E-state index is 11.9. The molecule has 1 unspecified atom stereocenters. The van der Waals surface area contributed by atoms with E-state index >= 15 is 0 Å². The van der Waals surface area contributed by atoms with Gasteiger partial charge in [0.15, 0.2) is 0 Å². The highest BCUT2D eigenvalue weighted by Gasteiger charge is 2.31. The zero-order valence-electron chi connectivity index (χ0n) is 10.7. The number of nitrogens with one attached hydrogen (secondary N) is 1. The first-order valence-electron chi connectivity index (χ1n) is 6.77. The van der Waals surface area contributed by atoms with Crippen molar-refractivity contribution >= 4 is 6.03 Å². The van der Waals surface area contributed by atoms with Gasteiger partial charge in [0, 0.05) is 32.2 Å². The molecule has 1 heterocycles. The van der Waals surface area contributed by atoms with Gasteiger partial charge in [-0.15, -0.1) is 0 Å². The highest BCUT2D eigenvalue weighted by atomic mass is 16.3. The number of amides is 2. The molecule has 0 aromatic heterocycles. The lowest BCUT2D eigenvalue weighted by molar-refractivity contribution is 0.192. The second-order valence-electron chi connectivity index (χ2n) is 5.96. The standard InChI is InChI=1S/C13H24N2O2/c1-13(5-2-3-6-13)10-14-12(17)15-7-4-11(8-15)9-16/h11,16H,2-10H2,1H3,(H,14,17). The minimum Gasteiger partial charge on any atom is -0.396 e. The Hall–Kier alpha value is -0.770. The second kappa shape index (κ2) is 5.25. The number of hydrogen-bond acceptors (Lipinski definition) is 2. The van der Waals surface area contributed by atoms with Crippen molar-refractivity contribution in [2.45, 2.75) is 39.0 Å². The highest BCUT2D eigenvalue weighted by molar-refractivity contribution is 5.74. The summed E-state index contributed by atoms with van der Waals surface area (Å²) in [4.78, 5) is 13.8. The third-order valence-corrected chi connectivity index (χ3v) is 4.31. The number of likely N-dealkylation sites (tertiary alicyclic amines) is 1. The Morgan fingerprint density at radius 1 is 1.47 bits per heavy atom. The molecule has 1 aliphatic heterocycles. The SMILES string of the molecule is CC1(CNC(=O)N2CCC(CO)C2)CCCC1. The van der Waals surface area contributed by atoms with Crippen LogP contribution in [-0.2, 0) is 0 Å². The first kappa shape index (κ1) is 12.7. The number of nitrogens with zero attached hydrogens (tertiary/aromatic N) is 1. The van der Waals surface area contributed by atoms with Gasteiger partial charge in [-0.25, -0.2) is 4.79 Å². The molecule has 2 rings (SSSR count). The summed E-state index contributed by atoms with van der Waals surface area (Å²) >= 11 is 0. The number of hydrogen-bond donors (Lipinski definition) is 2. The smallest absolute Gasteiger partial charge is 0.317 e. The molecular weight excluding hydrogens is 216 g/mol. The number of rotatable bonds is 3. The quantitative estimate of drug-likeness (QED) is 0.787. The molecule has 0 spiro atoms. The molecule has 0 aromatic rings. The molecular formula is C13H24N2O2. The van der Waals surface area contributed by atoms with E-state index in [4.69, 9.17) is 5.11 Å². The predicted octanol–water partition coefficient (Wildman–Crippen LogP) is 1.59. The van der Waals surface area contributed by atoms with Gasteiger partial charge in [-0.1, -0.05) is 19.8 Å². The summed E-state index contributed by atoms with van der Waals surface area (Å²) < 4.78 is 0. The molecule has 0 bridgehead atoms. The van der Waals surface area contributed by atoms with Crippen molar-refractivity contribution in [1.29, 1.82) is 0 Å². The maximum atomic E-state index is 11.9. The van der Waals surface area contributed by atoms with E-state index in [2.05, 4.69) is 12.2 Å². The number of carbonyl (C=O) groups excluding carboxylic acids is 1. The monoisotopic (exact) mass is 240 g/mol. The van der Waals surface area contributed by atoms with Crippen LogP contribution in [0.5, 0.6) is 0 Å². The van der Waals surface area contributed by atoms with E-state index in [0.717, 1.165) is 19.5 Å². The second-order valence-corrected chi connectivity index (χ2v) is 5.96. The molecule has 17 heavy (non-hydrogen) atoms. The van der Waals surface area contributed by atoms with Crippen LogP contribution in [0.15, 0.2) is 0 Å². The van der Waals surface area contributed by atoms with Crippen molar-refractivity contribution in [3.8, 4) is 0 Å². The molecule has 0 aromatic carbocycles. The normalized spacial score (nSPS) is 27.4. The predicted molar refractivity (Wildman–Crippen MR) is 66.7 cm³/mol. The summed E-state index contributed by atoms with van der Waals surface area (Å²) in [5.41, 5.74) is 0.311. The van der Waals surface area contributed by atoms with Crippen molar-refractivity contribution in [1.82, 2.24) is 10.2 Å². The molecule has 1 saturated carbocycles. The van der Waals surface area contributed by atoms with Crippen LogP contribution in [-0.4, -0.2) is 42.3 Å². The average molecular weight is 240 g/mol. The van der Waals surface area contributed by atoms with Gasteiger partial charge in [0.1, 0.15) is 0 Å². The summed E-state index contributed by atoms with van der Waals surface area (Å²) in [5.74, 6) is 0.280. The minimum atomic E-state index is 0.0501. The van der Waals surface area contributed by atoms with Gasteiger partial charge < -0.3 is 15.3 Å². The number of aliphatic hydroxyl groups is 1. The molecule has 1 atom stereocenters. The van der Waals surface area contributed by atoms with Crippen molar-refractivity contribution < 1.29 is 9.90 Å². The topological polar surface area (TPSA) is 52.6 Å². The molecule has 0 radical (unpaired) electrons. The lowest BCUT2D eigenvalue weighted by Gasteiger charge is -2.26. The molecule has 2 aliphatic rings. The van der Waals surface area contributed by atoms with Crippen LogP contribution >= 0.6 is 0 Å². The van der Waals surface area contributed by atoms with Crippen LogP contribution in [0.1, 0.15) is 39.0 Å². The van der Waals surface area contributed by atoms with Gasteiger partial charge in [-0.2, -0.15) is 0 Å². The Kier molecular flexibility index (Phi) is 3.92. The lowest BCUT2D eigenvalue weighted by Crippen LogP contribution is -2.42. The van der Waals surface area contributed by atoms with Crippen molar-refractivity contribution in [3.63, 3.8) is 0 Å². The van der Waals surface area contributed by atoms with E-state index in [1.807, 2.05) is 4.90 Å². The molecule has 1 saturated heterocycles. The minimum absolute atomic E-state index is 0.0501. The van der Waals surface area contributed by atoms with E-state index in [0.29, 0.717) is 12.0 Å². The molecule has 1 aliphatic carbocycles. The van der Waals surface area contributed by atoms with E-state index in [1.165, 1.54) is 25.7 Å². The number of urea groups is 1. The van der Waals surface area contributed by atoms with Crippen LogP contribution in [0.4, 0.5) is 4.79 Å². The van der Waals surface area contributed by atoms with Gasteiger partial charge >= 0.3 is 6.03 Å². The van der Waals surface area contributed by atoms with Gasteiger partial charge in [0.05, 0.1) is 0 Å². The third kappa shape index (κ3) is 3.12. The third-order valence-electron chi connectivity index (χ3n) is 4.31. The molecule has 2 amide bonds. The molecule has 2 fully saturated rings. The average Bonchev–Trinajstić information content (AvgIpc) is 2.95. The molecule has 4 heteroatoms. The van der Waals surface area contributed by atoms with Crippen molar-refractivity contribution in [2.75, 3.05) is 26.2 Å². The summed E-state index contributed by atoms with van der Waals surface area (Å²) in [5, 5.41) is 12.1. The Labute approximate surface area is 103 Å². The molecule has 4 nitrogen and oxygen atoms in total. The largest absolute Gasteiger partial charge is 0.396 e. The Bertz CT molecular complexity index is 275.